The van der Waals surface area contributed by atoms with Gasteiger partial charge in [0, 0.05) is 25.4 Å². The van der Waals surface area contributed by atoms with Gasteiger partial charge < -0.3 is 5.32 Å². The molecule has 0 aliphatic carbocycles. The van der Waals surface area contributed by atoms with Crippen molar-refractivity contribution in [1.29, 1.82) is 0 Å². The Hall–Kier alpha value is -2.70. The Morgan fingerprint density at radius 2 is 1.95 bits per heavy atom. The predicted octanol–water partition coefficient (Wildman–Crippen LogP) is 1.88. The van der Waals surface area contributed by atoms with Crippen LogP contribution in [-0.2, 0) is 20.0 Å². The fourth-order valence-electron chi connectivity index (χ4n) is 2.36. The van der Waals surface area contributed by atoms with Crippen LogP contribution in [0.25, 0.3) is 5.69 Å². The van der Waals surface area contributed by atoms with Crippen molar-refractivity contribution in [3.63, 3.8) is 0 Å². The summed E-state index contributed by atoms with van der Waals surface area (Å²) >= 11 is 0. The Balaban J connectivity index is 1.79. The Kier molecular flexibility index (Phi) is 3.86. The molecule has 7 nitrogen and oxygen atoms in total. The molecule has 0 atom stereocenters. The van der Waals surface area contributed by atoms with Crippen LogP contribution >= 0.6 is 0 Å². The number of hydrogen-bond acceptors (Lipinski definition) is 5. The zero-order chi connectivity index (χ0) is 15.5. The van der Waals surface area contributed by atoms with E-state index in [0.717, 1.165) is 23.4 Å². The van der Waals surface area contributed by atoms with E-state index in [4.69, 9.17) is 0 Å². The van der Waals surface area contributed by atoms with E-state index in [1.54, 1.807) is 4.68 Å². The second kappa shape index (κ2) is 5.97. The van der Waals surface area contributed by atoms with E-state index in [1.165, 1.54) is 5.56 Å². The minimum Gasteiger partial charge on any atom is -0.349 e. The number of nitrogens with one attached hydrogen (secondary N) is 1. The maximum absolute atomic E-state index is 4.44. The Bertz CT molecular complexity index is 755. The lowest BCUT2D eigenvalue weighted by atomic mass is 10.2. The highest BCUT2D eigenvalue weighted by Gasteiger charge is 2.10. The van der Waals surface area contributed by atoms with Crippen molar-refractivity contribution in [3.05, 3.63) is 47.3 Å². The van der Waals surface area contributed by atoms with E-state index in [1.807, 2.05) is 42.2 Å². The smallest absolute Gasteiger partial charge is 0.248 e. The number of tetrazole rings is 1. The highest BCUT2D eigenvalue weighted by Crippen LogP contribution is 2.14. The van der Waals surface area contributed by atoms with Gasteiger partial charge in [0.15, 0.2) is 0 Å². The van der Waals surface area contributed by atoms with Gasteiger partial charge in [0.25, 0.3) is 0 Å². The van der Waals surface area contributed by atoms with Gasteiger partial charge in [-0.2, -0.15) is 9.78 Å². The van der Waals surface area contributed by atoms with Crippen molar-refractivity contribution in [1.82, 2.24) is 30.0 Å². The average Bonchev–Trinajstić information content (AvgIpc) is 3.12. The van der Waals surface area contributed by atoms with Crippen LogP contribution in [0.3, 0.4) is 0 Å². The van der Waals surface area contributed by atoms with Gasteiger partial charge in [-0.25, -0.2) is 0 Å². The van der Waals surface area contributed by atoms with Crippen LogP contribution in [0.1, 0.15) is 23.7 Å². The molecule has 0 amide bonds. The predicted molar refractivity (Wildman–Crippen MR) is 83.8 cm³/mol. The number of rotatable bonds is 5. The number of hydrogen-bond donors (Lipinski definition) is 1. The summed E-state index contributed by atoms with van der Waals surface area (Å²) in [7, 11) is 1.93. The summed E-state index contributed by atoms with van der Waals surface area (Å²) < 4.78 is 3.53. The van der Waals surface area contributed by atoms with Gasteiger partial charge in [0.2, 0.25) is 5.95 Å². The minimum absolute atomic E-state index is 0.620. The van der Waals surface area contributed by atoms with Crippen LogP contribution in [0, 0.1) is 6.92 Å². The number of anilines is 1. The molecule has 0 bridgehead atoms. The standard InChI is InChI=1S/C15H19N7/c1-4-14-12(10-21(3)18-14)9-16-15-17-19-20-22(15)13-7-5-11(2)6-8-13/h5-8,10H,4,9H2,1-3H3,(H,16,17,20). The second-order valence-electron chi connectivity index (χ2n) is 5.23. The minimum atomic E-state index is 0.620. The molecule has 0 saturated carbocycles. The highest BCUT2D eigenvalue weighted by atomic mass is 15.6. The first kappa shape index (κ1) is 14.2. The van der Waals surface area contributed by atoms with E-state index in [-0.39, 0.29) is 0 Å². The first-order chi connectivity index (χ1) is 10.7. The molecule has 1 aromatic carbocycles. The molecule has 0 aliphatic heterocycles. The van der Waals surface area contributed by atoms with E-state index in [9.17, 15) is 0 Å². The molecule has 7 heteroatoms. The first-order valence-corrected chi connectivity index (χ1v) is 7.28. The summed E-state index contributed by atoms with van der Waals surface area (Å²) in [4.78, 5) is 0. The average molecular weight is 297 g/mol. The van der Waals surface area contributed by atoms with Gasteiger partial charge in [0.05, 0.1) is 11.4 Å². The molecule has 114 valence electrons. The number of nitrogens with zero attached hydrogens (tertiary/aromatic N) is 6. The van der Waals surface area contributed by atoms with Crippen molar-refractivity contribution in [2.45, 2.75) is 26.8 Å². The zero-order valence-corrected chi connectivity index (χ0v) is 13.0. The monoisotopic (exact) mass is 297 g/mol. The van der Waals surface area contributed by atoms with Gasteiger partial charge >= 0.3 is 0 Å². The molecule has 22 heavy (non-hydrogen) atoms. The molecule has 0 aliphatic rings. The third kappa shape index (κ3) is 2.83. The van der Waals surface area contributed by atoms with Crippen molar-refractivity contribution in [3.8, 4) is 5.69 Å². The van der Waals surface area contributed by atoms with Crippen molar-refractivity contribution < 1.29 is 0 Å². The van der Waals surface area contributed by atoms with Crippen LogP contribution in [0.5, 0.6) is 0 Å². The maximum Gasteiger partial charge on any atom is 0.248 e. The molecule has 0 fully saturated rings. The molecule has 2 heterocycles. The highest BCUT2D eigenvalue weighted by molar-refractivity contribution is 5.40. The molecular formula is C15H19N7. The number of aromatic nitrogens is 6. The largest absolute Gasteiger partial charge is 0.349 e. The number of benzene rings is 1. The Morgan fingerprint density at radius 3 is 2.68 bits per heavy atom. The molecular weight excluding hydrogens is 278 g/mol. The summed E-state index contributed by atoms with van der Waals surface area (Å²) in [5, 5.41) is 19.6. The van der Waals surface area contributed by atoms with Crippen LogP contribution in [0.15, 0.2) is 30.5 Å². The van der Waals surface area contributed by atoms with E-state index < -0.39 is 0 Å². The summed E-state index contributed by atoms with van der Waals surface area (Å²) in [5.74, 6) is 0.620. The normalized spacial score (nSPS) is 10.9. The van der Waals surface area contributed by atoms with Gasteiger partial charge in [-0.15, -0.1) is 0 Å². The van der Waals surface area contributed by atoms with Gasteiger partial charge in [-0.1, -0.05) is 29.7 Å². The summed E-state index contributed by atoms with van der Waals surface area (Å²) in [6.45, 7) is 4.79. The van der Waals surface area contributed by atoms with Gasteiger partial charge in [-0.05, 0) is 35.9 Å². The molecule has 0 spiro atoms. The maximum atomic E-state index is 4.44. The first-order valence-electron chi connectivity index (χ1n) is 7.28. The van der Waals surface area contributed by atoms with Crippen molar-refractivity contribution in [2.24, 2.45) is 7.05 Å². The molecule has 0 saturated heterocycles. The molecule has 0 radical (unpaired) electrons. The zero-order valence-electron chi connectivity index (χ0n) is 13.0. The lowest BCUT2D eigenvalue weighted by Crippen LogP contribution is -2.08. The third-order valence-corrected chi connectivity index (χ3v) is 3.51. The summed E-state index contributed by atoms with van der Waals surface area (Å²) in [6, 6.07) is 8.07. The van der Waals surface area contributed by atoms with Crippen LogP contribution in [0.4, 0.5) is 5.95 Å². The summed E-state index contributed by atoms with van der Waals surface area (Å²) in [5.41, 5.74) is 4.38. The fraction of sp³-hybridized carbons (Fsp3) is 0.333. The van der Waals surface area contributed by atoms with Gasteiger partial charge in [-0.3, -0.25) is 4.68 Å². The Morgan fingerprint density at radius 1 is 1.18 bits per heavy atom. The van der Waals surface area contributed by atoms with Crippen molar-refractivity contribution in [2.75, 3.05) is 5.32 Å². The molecule has 3 rings (SSSR count). The summed E-state index contributed by atoms with van der Waals surface area (Å²) in [6.07, 6.45) is 2.92. The van der Waals surface area contributed by atoms with Crippen molar-refractivity contribution >= 4 is 5.95 Å². The Labute approximate surface area is 129 Å². The van der Waals surface area contributed by atoms with E-state index in [0.29, 0.717) is 12.5 Å². The van der Waals surface area contributed by atoms with E-state index in [2.05, 4.69) is 39.8 Å². The number of aryl methyl sites for hydroxylation is 3. The fourth-order valence-corrected chi connectivity index (χ4v) is 2.36. The molecule has 2 aromatic heterocycles. The molecule has 3 aromatic rings. The second-order valence-corrected chi connectivity index (χ2v) is 5.23. The molecule has 1 N–H and O–H groups in total. The lowest BCUT2D eigenvalue weighted by Gasteiger charge is -2.07. The quantitative estimate of drug-likeness (QED) is 0.778. The van der Waals surface area contributed by atoms with Crippen LogP contribution in [-0.4, -0.2) is 30.0 Å². The lowest BCUT2D eigenvalue weighted by molar-refractivity contribution is 0.746. The third-order valence-electron chi connectivity index (χ3n) is 3.51. The van der Waals surface area contributed by atoms with Crippen LogP contribution < -0.4 is 5.32 Å². The molecule has 0 unspecified atom stereocenters. The van der Waals surface area contributed by atoms with Crippen LogP contribution in [0.2, 0.25) is 0 Å². The SMILES string of the molecule is CCc1nn(C)cc1CNc1nnnn1-c1ccc(C)cc1. The topological polar surface area (TPSA) is 73.5 Å². The van der Waals surface area contributed by atoms with E-state index >= 15 is 0 Å². The van der Waals surface area contributed by atoms with Gasteiger partial charge in [0.1, 0.15) is 0 Å².